The molecule has 0 aliphatic carbocycles. The zero-order chi connectivity index (χ0) is 15.0. The van der Waals surface area contributed by atoms with E-state index in [1.54, 1.807) is 0 Å². The molecule has 1 saturated heterocycles. The number of amides is 1. The van der Waals surface area contributed by atoms with E-state index >= 15 is 0 Å². The van der Waals surface area contributed by atoms with E-state index in [0.29, 0.717) is 5.56 Å². The number of hydrogen-bond acceptors (Lipinski definition) is 1. The van der Waals surface area contributed by atoms with Gasteiger partial charge in [0.1, 0.15) is 0 Å². The summed E-state index contributed by atoms with van der Waals surface area (Å²) in [7, 11) is 0. The third kappa shape index (κ3) is 4.06. The van der Waals surface area contributed by atoms with Crippen molar-refractivity contribution in [3.63, 3.8) is 0 Å². The fourth-order valence-electron chi connectivity index (χ4n) is 3.52. The summed E-state index contributed by atoms with van der Waals surface area (Å²) < 4.78 is 0.933. The van der Waals surface area contributed by atoms with Crippen molar-refractivity contribution in [2.24, 2.45) is 0 Å². The van der Waals surface area contributed by atoms with Gasteiger partial charge in [0.05, 0.1) is 11.1 Å². The summed E-state index contributed by atoms with van der Waals surface area (Å²) in [6.07, 6.45) is 1.99. The minimum atomic E-state index is 0.0183. The van der Waals surface area contributed by atoms with E-state index < -0.39 is 0 Å². The second-order valence-electron chi connectivity index (χ2n) is 7.21. The molecule has 0 atom stereocenters. The van der Waals surface area contributed by atoms with Crippen LogP contribution in [0, 0.1) is 0 Å². The number of benzene rings is 1. The Morgan fingerprint density at radius 2 is 1.85 bits per heavy atom. The van der Waals surface area contributed by atoms with Crippen molar-refractivity contribution in [2.75, 3.05) is 0 Å². The smallest absolute Gasteiger partial charge is 0.251 e. The van der Waals surface area contributed by atoms with Gasteiger partial charge in [0.15, 0.2) is 0 Å². The van der Waals surface area contributed by atoms with Gasteiger partial charge in [-0.25, -0.2) is 0 Å². The third-order valence-electron chi connectivity index (χ3n) is 3.75. The standard InChI is InChI=1S/C16H23BrN2O/c1-15(2)9-13(10-16(3,4)19-15)18-14(20)11-6-5-7-12(17)8-11/h5-8,13,19H,9-10H2,1-4H3,(H,18,20)/p+1. The molecule has 1 aromatic carbocycles. The van der Waals surface area contributed by atoms with Crippen LogP contribution in [0.15, 0.2) is 28.7 Å². The van der Waals surface area contributed by atoms with E-state index in [1.807, 2.05) is 24.3 Å². The zero-order valence-electron chi connectivity index (χ0n) is 12.7. The van der Waals surface area contributed by atoms with Crippen LogP contribution in [-0.4, -0.2) is 23.0 Å². The summed E-state index contributed by atoms with van der Waals surface area (Å²) in [5, 5.41) is 5.61. The van der Waals surface area contributed by atoms with Crippen LogP contribution >= 0.6 is 15.9 Å². The zero-order valence-corrected chi connectivity index (χ0v) is 14.3. The first-order valence-corrected chi connectivity index (χ1v) is 7.90. The van der Waals surface area contributed by atoms with Crippen LogP contribution in [-0.2, 0) is 0 Å². The summed E-state index contributed by atoms with van der Waals surface area (Å²) in [6, 6.07) is 7.77. The summed E-state index contributed by atoms with van der Waals surface area (Å²) in [6.45, 7) is 8.97. The second-order valence-corrected chi connectivity index (χ2v) is 8.13. The van der Waals surface area contributed by atoms with Crippen LogP contribution in [0.3, 0.4) is 0 Å². The SMILES string of the molecule is CC1(C)CC(NC(=O)c2cccc(Br)c2)CC(C)(C)[NH2+]1. The molecule has 110 valence electrons. The highest BCUT2D eigenvalue weighted by Gasteiger charge is 2.42. The second kappa shape index (κ2) is 5.49. The molecule has 3 N–H and O–H groups in total. The first-order valence-electron chi connectivity index (χ1n) is 7.10. The van der Waals surface area contributed by atoms with E-state index in [2.05, 4.69) is 54.3 Å². The van der Waals surface area contributed by atoms with Gasteiger partial charge < -0.3 is 10.6 Å². The number of hydrogen-bond donors (Lipinski definition) is 2. The maximum Gasteiger partial charge on any atom is 0.251 e. The maximum absolute atomic E-state index is 12.3. The summed E-state index contributed by atoms with van der Waals surface area (Å²) in [4.78, 5) is 12.3. The third-order valence-corrected chi connectivity index (χ3v) is 4.24. The molecule has 1 aliphatic heterocycles. The molecule has 0 spiro atoms. The molecule has 4 heteroatoms. The first-order chi connectivity index (χ1) is 9.17. The van der Waals surface area contributed by atoms with Crippen LogP contribution in [0.2, 0.25) is 0 Å². The molecule has 1 aromatic rings. The lowest BCUT2D eigenvalue weighted by molar-refractivity contribution is -0.787. The molecule has 2 rings (SSSR count). The number of halogens is 1. The number of carbonyl (C=O) groups is 1. The predicted octanol–water partition coefficient (Wildman–Crippen LogP) is 2.46. The van der Waals surface area contributed by atoms with Crippen LogP contribution in [0.4, 0.5) is 0 Å². The molecule has 0 saturated carbocycles. The maximum atomic E-state index is 12.3. The van der Waals surface area contributed by atoms with E-state index in [-0.39, 0.29) is 23.0 Å². The van der Waals surface area contributed by atoms with Crippen molar-refractivity contribution in [2.45, 2.75) is 57.7 Å². The van der Waals surface area contributed by atoms with Crippen molar-refractivity contribution in [3.05, 3.63) is 34.3 Å². The molecule has 1 amide bonds. The Morgan fingerprint density at radius 1 is 1.25 bits per heavy atom. The van der Waals surface area contributed by atoms with Crippen molar-refractivity contribution in [1.82, 2.24) is 5.32 Å². The van der Waals surface area contributed by atoms with Gasteiger partial charge in [-0.2, -0.15) is 0 Å². The monoisotopic (exact) mass is 339 g/mol. The Labute approximate surface area is 129 Å². The Hall–Kier alpha value is -0.870. The largest absolute Gasteiger partial charge is 0.349 e. The first kappa shape index (κ1) is 15.5. The van der Waals surface area contributed by atoms with Gasteiger partial charge in [-0.3, -0.25) is 4.79 Å². The van der Waals surface area contributed by atoms with Gasteiger partial charge in [-0.1, -0.05) is 22.0 Å². The molecular formula is C16H24BrN2O+. The lowest BCUT2D eigenvalue weighted by Crippen LogP contribution is -3.06. The fourth-order valence-corrected chi connectivity index (χ4v) is 3.92. The predicted molar refractivity (Wildman–Crippen MR) is 84.7 cm³/mol. The highest BCUT2D eigenvalue weighted by molar-refractivity contribution is 9.10. The number of nitrogens with one attached hydrogen (secondary N) is 1. The van der Waals surface area contributed by atoms with Gasteiger partial charge in [0.2, 0.25) is 0 Å². The number of nitrogens with two attached hydrogens (primary N) is 1. The summed E-state index contributed by atoms with van der Waals surface area (Å²) >= 11 is 3.41. The Bertz CT molecular complexity index is 495. The Kier molecular flexibility index (Phi) is 4.26. The van der Waals surface area contributed by atoms with Crippen molar-refractivity contribution < 1.29 is 10.1 Å². The topological polar surface area (TPSA) is 45.7 Å². The number of piperidine rings is 1. The molecule has 0 radical (unpaired) electrons. The molecule has 0 bridgehead atoms. The van der Waals surface area contributed by atoms with Crippen molar-refractivity contribution in [3.8, 4) is 0 Å². The normalized spacial score (nSPS) is 21.4. The van der Waals surface area contributed by atoms with Crippen LogP contribution in [0.1, 0.15) is 50.9 Å². The van der Waals surface area contributed by atoms with Gasteiger partial charge in [0.25, 0.3) is 5.91 Å². The average Bonchev–Trinajstić information content (AvgIpc) is 2.24. The van der Waals surface area contributed by atoms with E-state index in [9.17, 15) is 4.79 Å². The van der Waals surface area contributed by atoms with E-state index in [4.69, 9.17) is 0 Å². The van der Waals surface area contributed by atoms with Gasteiger partial charge in [-0.15, -0.1) is 0 Å². The molecule has 1 aliphatic rings. The number of rotatable bonds is 2. The molecule has 20 heavy (non-hydrogen) atoms. The summed E-state index contributed by atoms with van der Waals surface area (Å²) in [5.74, 6) is 0.0183. The lowest BCUT2D eigenvalue weighted by Gasteiger charge is -2.43. The fraction of sp³-hybridized carbons (Fsp3) is 0.562. The van der Waals surface area contributed by atoms with E-state index in [0.717, 1.165) is 17.3 Å². The van der Waals surface area contributed by atoms with Gasteiger partial charge in [0, 0.05) is 28.9 Å². The minimum absolute atomic E-state index is 0.0183. The van der Waals surface area contributed by atoms with Crippen LogP contribution < -0.4 is 10.6 Å². The van der Waals surface area contributed by atoms with Gasteiger partial charge >= 0.3 is 0 Å². The van der Waals surface area contributed by atoms with Crippen LogP contribution in [0.25, 0.3) is 0 Å². The van der Waals surface area contributed by atoms with Crippen molar-refractivity contribution >= 4 is 21.8 Å². The quantitative estimate of drug-likeness (QED) is 0.854. The number of carbonyl (C=O) groups excluding carboxylic acids is 1. The van der Waals surface area contributed by atoms with E-state index in [1.165, 1.54) is 0 Å². The average molecular weight is 340 g/mol. The molecule has 3 nitrogen and oxygen atoms in total. The van der Waals surface area contributed by atoms with Crippen molar-refractivity contribution in [1.29, 1.82) is 0 Å². The molecule has 0 aromatic heterocycles. The molecule has 1 heterocycles. The van der Waals surface area contributed by atoms with Gasteiger partial charge in [-0.05, 0) is 45.9 Å². The Balaban J connectivity index is 2.08. The molecular weight excluding hydrogens is 316 g/mol. The lowest BCUT2D eigenvalue weighted by atomic mass is 9.79. The molecule has 0 unspecified atom stereocenters. The molecule has 1 fully saturated rings. The van der Waals surface area contributed by atoms with Crippen LogP contribution in [0.5, 0.6) is 0 Å². The summed E-state index contributed by atoms with van der Waals surface area (Å²) in [5.41, 5.74) is 1.04. The number of quaternary nitrogens is 1. The highest BCUT2D eigenvalue weighted by Crippen LogP contribution is 2.22. The minimum Gasteiger partial charge on any atom is -0.349 e. The highest BCUT2D eigenvalue weighted by atomic mass is 79.9. The Morgan fingerprint density at radius 3 is 2.40 bits per heavy atom.